The van der Waals surface area contributed by atoms with E-state index in [1.54, 1.807) is 0 Å². The molecule has 1 aromatic heterocycles. The van der Waals surface area contributed by atoms with Gasteiger partial charge in [0.25, 0.3) is 0 Å². The van der Waals surface area contributed by atoms with E-state index >= 15 is 0 Å². The molecule has 0 aliphatic carbocycles. The first-order valence-electron chi connectivity index (χ1n) is 6.83. The third-order valence-corrected chi connectivity index (χ3v) is 3.47. The van der Waals surface area contributed by atoms with Gasteiger partial charge >= 0.3 is 0 Å². The second-order valence-electron chi connectivity index (χ2n) is 4.90. The Hall–Kier alpha value is -2.21. The summed E-state index contributed by atoms with van der Waals surface area (Å²) in [6.45, 7) is 0.919. The third kappa shape index (κ3) is 2.85. The molecule has 2 aromatic rings. The number of carbonyl (C=O) groups excluding carboxylic acids is 1. The number of hydrogen-bond acceptors (Lipinski definition) is 4. The zero-order valence-corrected chi connectivity index (χ0v) is 11.1. The lowest BCUT2D eigenvalue weighted by Gasteiger charge is -2.22. The van der Waals surface area contributed by atoms with Crippen LogP contribution in [0.5, 0.6) is 0 Å². The summed E-state index contributed by atoms with van der Waals surface area (Å²) in [5.41, 5.74) is 1.74. The standard InChI is InChI=1S/C14H17N5O/c20-14(12-3-1-2-8-15-12)18-11-6-4-10(5-7-11)13-16-9-17-19-13/h4-7,9,12,15H,1-3,8H2,(H,18,20)(H,16,17,19). The summed E-state index contributed by atoms with van der Waals surface area (Å²) in [4.78, 5) is 16.2. The van der Waals surface area contributed by atoms with Gasteiger partial charge in [0, 0.05) is 11.3 Å². The fraction of sp³-hybridized carbons (Fsp3) is 0.357. The number of rotatable bonds is 3. The normalized spacial score (nSPS) is 18.7. The Kier molecular flexibility index (Phi) is 3.73. The van der Waals surface area contributed by atoms with Crippen molar-refractivity contribution in [2.75, 3.05) is 11.9 Å². The molecule has 104 valence electrons. The van der Waals surface area contributed by atoms with E-state index in [2.05, 4.69) is 25.8 Å². The molecule has 2 heterocycles. The minimum atomic E-state index is -0.0716. The quantitative estimate of drug-likeness (QED) is 0.791. The summed E-state index contributed by atoms with van der Waals surface area (Å²) in [7, 11) is 0. The summed E-state index contributed by atoms with van der Waals surface area (Å²) in [5.74, 6) is 0.758. The highest BCUT2D eigenvalue weighted by molar-refractivity contribution is 5.95. The van der Waals surface area contributed by atoms with Crippen LogP contribution in [0.2, 0.25) is 0 Å². The molecule has 1 unspecified atom stereocenters. The molecule has 1 aliphatic rings. The van der Waals surface area contributed by atoms with Gasteiger partial charge in [-0.25, -0.2) is 4.98 Å². The number of benzene rings is 1. The number of anilines is 1. The Balaban J connectivity index is 1.64. The molecule has 1 atom stereocenters. The molecule has 20 heavy (non-hydrogen) atoms. The highest BCUT2D eigenvalue weighted by atomic mass is 16.2. The van der Waals surface area contributed by atoms with Crippen LogP contribution in [0.15, 0.2) is 30.6 Å². The molecular weight excluding hydrogens is 254 g/mol. The lowest BCUT2D eigenvalue weighted by molar-refractivity contribution is -0.118. The first-order chi connectivity index (χ1) is 9.83. The topological polar surface area (TPSA) is 82.7 Å². The second kappa shape index (κ2) is 5.83. The highest BCUT2D eigenvalue weighted by Crippen LogP contribution is 2.18. The predicted octanol–water partition coefficient (Wildman–Crippen LogP) is 1.55. The summed E-state index contributed by atoms with van der Waals surface area (Å²) < 4.78 is 0. The third-order valence-electron chi connectivity index (χ3n) is 3.47. The zero-order chi connectivity index (χ0) is 13.8. The van der Waals surface area contributed by atoms with E-state index in [1.807, 2.05) is 24.3 Å². The number of piperidine rings is 1. The fourth-order valence-electron chi connectivity index (χ4n) is 2.36. The average Bonchev–Trinajstić information content (AvgIpc) is 3.03. The van der Waals surface area contributed by atoms with Crippen molar-refractivity contribution in [2.24, 2.45) is 0 Å². The van der Waals surface area contributed by atoms with Crippen LogP contribution in [-0.2, 0) is 4.79 Å². The molecule has 3 N–H and O–H groups in total. The van der Waals surface area contributed by atoms with Crippen LogP contribution in [0.4, 0.5) is 5.69 Å². The van der Waals surface area contributed by atoms with Crippen LogP contribution in [-0.4, -0.2) is 33.7 Å². The number of carbonyl (C=O) groups is 1. The molecule has 6 nitrogen and oxygen atoms in total. The van der Waals surface area contributed by atoms with E-state index in [0.29, 0.717) is 0 Å². The van der Waals surface area contributed by atoms with Gasteiger partial charge in [0.15, 0.2) is 5.82 Å². The molecule has 1 fully saturated rings. The number of nitrogens with one attached hydrogen (secondary N) is 3. The number of hydrogen-bond donors (Lipinski definition) is 3. The van der Waals surface area contributed by atoms with Crippen LogP contribution in [0.3, 0.4) is 0 Å². The van der Waals surface area contributed by atoms with Crippen molar-refractivity contribution in [3.05, 3.63) is 30.6 Å². The molecule has 3 rings (SSSR count). The lowest BCUT2D eigenvalue weighted by Crippen LogP contribution is -2.43. The number of aromatic nitrogens is 3. The monoisotopic (exact) mass is 271 g/mol. The molecule has 0 spiro atoms. The summed E-state index contributed by atoms with van der Waals surface area (Å²) in [6.07, 6.45) is 4.63. The van der Waals surface area contributed by atoms with Crippen molar-refractivity contribution in [3.63, 3.8) is 0 Å². The lowest BCUT2D eigenvalue weighted by atomic mass is 10.0. The Morgan fingerprint density at radius 1 is 1.25 bits per heavy atom. The van der Waals surface area contributed by atoms with E-state index in [4.69, 9.17) is 0 Å². The van der Waals surface area contributed by atoms with Gasteiger partial charge < -0.3 is 10.6 Å². The van der Waals surface area contributed by atoms with Crippen molar-refractivity contribution in [1.82, 2.24) is 20.5 Å². The van der Waals surface area contributed by atoms with Crippen LogP contribution < -0.4 is 10.6 Å². The number of nitrogens with zero attached hydrogens (tertiary/aromatic N) is 2. The number of H-pyrrole nitrogens is 1. The van der Waals surface area contributed by atoms with Crippen molar-refractivity contribution in [3.8, 4) is 11.4 Å². The van der Waals surface area contributed by atoms with Crippen molar-refractivity contribution in [1.29, 1.82) is 0 Å². The second-order valence-corrected chi connectivity index (χ2v) is 4.90. The van der Waals surface area contributed by atoms with Gasteiger partial charge in [-0.05, 0) is 43.7 Å². The smallest absolute Gasteiger partial charge is 0.241 e. The van der Waals surface area contributed by atoms with E-state index < -0.39 is 0 Å². The summed E-state index contributed by atoms with van der Waals surface area (Å²) in [6, 6.07) is 7.49. The number of amides is 1. The van der Waals surface area contributed by atoms with Gasteiger partial charge in [0.2, 0.25) is 5.91 Å². The Morgan fingerprint density at radius 2 is 2.10 bits per heavy atom. The Morgan fingerprint density at radius 3 is 2.75 bits per heavy atom. The molecule has 0 radical (unpaired) electrons. The van der Waals surface area contributed by atoms with Gasteiger partial charge in [0.1, 0.15) is 6.33 Å². The maximum Gasteiger partial charge on any atom is 0.241 e. The molecule has 6 heteroatoms. The number of aromatic amines is 1. The Labute approximate surface area is 117 Å². The van der Waals surface area contributed by atoms with Crippen LogP contribution in [0.25, 0.3) is 11.4 Å². The molecule has 1 aromatic carbocycles. The summed E-state index contributed by atoms with van der Waals surface area (Å²) in [5, 5.41) is 12.8. The highest BCUT2D eigenvalue weighted by Gasteiger charge is 2.20. The maximum absolute atomic E-state index is 12.1. The van der Waals surface area contributed by atoms with Gasteiger partial charge in [-0.15, -0.1) is 0 Å². The fourth-order valence-corrected chi connectivity index (χ4v) is 2.36. The minimum absolute atomic E-state index is 0.0390. The summed E-state index contributed by atoms with van der Waals surface area (Å²) >= 11 is 0. The SMILES string of the molecule is O=C(Nc1ccc(-c2ncn[nH]2)cc1)C1CCCCN1. The minimum Gasteiger partial charge on any atom is -0.325 e. The van der Waals surface area contributed by atoms with E-state index in [9.17, 15) is 4.79 Å². The van der Waals surface area contributed by atoms with Gasteiger partial charge in [0.05, 0.1) is 6.04 Å². The first kappa shape index (κ1) is 12.8. The largest absolute Gasteiger partial charge is 0.325 e. The van der Waals surface area contributed by atoms with Gasteiger partial charge in [-0.3, -0.25) is 9.89 Å². The maximum atomic E-state index is 12.1. The van der Waals surface area contributed by atoms with Crippen LogP contribution >= 0.6 is 0 Å². The predicted molar refractivity (Wildman–Crippen MR) is 76.1 cm³/mol. The van der Waals surface area contributed by atoms with E-state index in [0.717, 1.165) is 42.9 Å². The molecule has 0 bridgehead atoms. The molecular formula is C14H17N5O. The van der Waals surface area contributed by atoms with Crippen LogP contribution in [0, 0.1) is 0 Å². The average molecular weight is 271 g/mol. The molecule has 1 aliphatic heterocycles. The molecule has 1 amide bonds. The zero-order valence-electron chi connectivity index (χ0n) is 11.1. The van der Waals surface area contributed by atoms with E-state index in [-0.39, 0.29) is 11.9 Å². The van der Waals surface area contributed by atoms with Crippen molar-refractivity contribution in [2.45, 2.75) is 25.3 Å². The van der Waals surface area contributed by atoms with Crippen molar-refractivity contribution < 1.29 is 4.79 Å². The van der Waals surface area contributed by atoms with Gasteiger partial charge in [-0.1, -0.05) is 6.42 Å². The van der Waals surface area contributed by atoms with Crippen molar-refractivity contribution >= 4 is 11.6 Å². The van der Waals surface area contributed by atoms with E-state index in [1.165, 1.54) is 6.33 Å². The first-order valence-corrected chi connectivity index (χ1v) is 6.83. The van der Waals surface area contributed by atoms with Crippen LogP contribution in [0.1, 0.15) is 19.3 Å². The van der Waals surface area contributed by atoms with Gasteiger partial charge in [-0.2, -0.15) is 5.10 Å². The molecule has 0 saturated carbocycles. The Bertz CT molecular complexity index is 558. The molecule has 1 saturated heterocycles.